The number of rotatable bonds is 4. The number of nitrogens with one attached hydrogen (secondary N) is 4. The van der Waals surface area contributed by atoms with Gasteiger partial charge in [-0.25, -0.2) is 9.07 Å². The Labute approximate surface area is 263 Å². The number of fused-ring (bicyclic) bond motifs is 4. The monoisotopic (exact) mass is 628 g/mol. The summed E-state index contributed by atoms with van der Waals surface area (Å²) in [5.74, 6) is -1.38. The molecule has 1 aliphatic rings. The highest BCUT2D eigenvalue weighted by Crippen LogP contribution is 2.34. The summed E-state index contributed by atoms with van der Waals surface area (Å²) in [6.45, 7) is 3.48. The molecule has 0 fully saturated rings. The predicted octanol–water partition coefficient (Wildman–Crippen LogP) is 5.13. The number of benzene rings is 2. The lowest BCUT2D eigenvalue weighted by atomic mass is 9.95. The van der Waals surface area contributed by atoms with Crippen LogP contribution in [0.3, 0.4) is 0 Å². The zero-order valence-corrected chi connectivity index (χ0v) is 25.5. The number of hydrogen-bond donors (Lipinski definition) is 4. The van der Waals surface area contributed by atoms with Gasteiger partial charge in [-0.05, 0) is 61.7 Å². The van der Waals surface area contributed by atoms with E-state index in [0.29, 0.717) is 42.0 Å². The fraction of sp³-hybridized carbons (Fsp3) is 0.258. The number of nitriles is 1. The number of aliphatic imine (C=N–C) groups is 1. The van der Waals surface area contributed by atoms with Gasteiger partial charge in [0.05, 0.1) is 28.1 Å². The molecular weight excluding hydrogens is 599 g/mol. The van der Waals surface area contributed by atoms with E-state index in [1.54, 1.807) is 38.4 Å². The zero-order valence-electron chi connectivity index (χ0n) is 24.7. The van der Waals surface area contributed by atoms with Gasteiger partial charge in [-0.15, -0.1) is 5.10 Å². The molecule has 2 amide bonds. The third kappa shape index (κ3) is 6.76. The summed E-state index contributed by atoms with van der Waals surface area (Å²) in [5.41, 5.74) is 3.76. The van der Waals surface area contributed by atoms with Crippen molar-refractivity contribution < 1.29 is 14.0 Å². The number of amides is 2. The number of carbonyl (C=O) groups excluding carboxylic acids is 2. The molecule has 2 bridgehead atoms. The highest BCUT2D eigenvalue weighted by atomic mass is 35.5. The second-order valence-corrected chi connectivity index (χ2v) is 10.9. The molecule has 2 unspecified atom stereocenters. The van der Waals surface area contributed by atoms with Crippen molar-refractivity contribution >= 4 is 40.7 Å². The van der Waals surface area contributed by atoms with Crippen LogP contribution < -0.4 is 21.3 Å². The lowest BCUT2D eigenvalue weighted by Crippen LogP contribution is -2.30. The molecule has 45 heavy (non-hydrogen) atoms. The van der Waals surface area contributed by atoms with Crippen LogP contribution in [0.1, 0.15) is 54.1 Å². The normalized spacial score (nSPS) is 16.7. The van der Waals surface area contributed by atoms with Crippen molar-refractivity contribution in [3.05, 3.63) is 82.6 Å². The molecular formula is C31H30ClFN10O2. The maximum absolute atomic E-state index is 14.7. The van der Waals surface area contributed by atoms with Crippen LogP contribution in [0, 0.1) is 30.1 Å². The van der Waals surface area contributed by atoms with Gasteiger partial charge in [0.25, 0.3) is 5.91 Å². The maximum atomic E-state index is 14.7. The van der Waals surface area contributed by atoms with E-state index in [1.807, 2.05) is 31.3 Å². The minimum absolute atomic E-state index is 0.0376. The van der Waals surface area contributed by atoms with E-state index in [-0.39, 0.29) is 34.2 Å². The van der Waals surface area contributed by atoms with Crippen LogP contribution in [0.2, 0.25) is 5.02 Å². The van der Waals surface area contributed by atoms with Gasteiger partial charge in [-0.1, -0.05) is 42.3 Å². The van der Waals surface area contributed by atoms with Crippen LogP contribution in [0.15, 0.2) is 59.7 Å². The number of nitrogens with zero attached hydrogens (tertiary/aromatic N) is 6. The molecule has 14 heteroatoms. The number of carbonyl (C=O) groups is 2. The topological polar surface area (TPSA) is 162 Å². The standard InChI is InChI=1S/C31H30ClFN10O2/c1-17-6-4-8-23(39-30(45)28-18(2)43(42-41-28)26-9-5-7-22(32)27(26)33)25-14-19(12-13-36-25)21-11-10-20(15-24(21)40-29(17)44)38-31(35-3)37-16-34/h5,7,9-15,17,23H,4,6,8H2,1-3H3,(H,39,45)(H,40,44)(H2,35,37,38). The van der Waals surface area contributed by atoms with E-state index in [2.05, 4.69) is 41.6 Å². The van der Waals surface area contributed by atoms with Gasteiger partial charge < -0.3 is 16.0 Å². The quantitative estimate of drug-likeness (QED) is 0.105. The number of halogens is 2. The molecule has 0 spiro atoms. The molecule has 2 aromatic carbocycles. The molecule has 5 rings (SSSR count). The van der Waals surface area contributed by atoms with Gasteiger partial charge in [0.1, 0.15) is 5.69 Å². The van der Waals surface area contributed by atoms with Crippen LogP contribution in [-0.4, -0.2) is 44.8 Å². The van der Waals surface area contributed by atoms with E-state index < -0.39 is 17.8 Å². The van der Waals surface area contributed by atoms with Gasteiger partial charge in [-0.2, -0.15) is 5.26 Å². The van der Waals surface area contributed by atoms with E-state index >= 15 is 0 Å². The summed E-state index contributed by atoms with van der Waals surface area (Å²) < 4.78 is 15.9. The molecule has 4 aromatic rings. The van der Waals surface area contributed by atoms with Crippen LogP contribution in [0.25, 0.3) is 16.8 Å². The van der Waals surface area contributed by atoms with E-state index in [0.717, 1.165) is 11.1 Å². The van der Waals surface area contributed by atoms with Crippen molar-refractivity contribution in [3.63, 3.8) is 0 Å². The molecule has 1 aliphatic heterocycles. The van der Waals surface area contributed by atoms with Gasteiger partial charge in [0.15, 0.2) is 17.7 Å². The molecule has 0 radical (unpaired) electrons. The molecule has 2 atom stereocenters. The maximum Gasteiger partial charge on any atom is 0.274 e. The SMILES string of the molecule is CN=C(NC#N)Nc1ccc2c(c1)NC(=O)C(C)CCCC(NC(=O)c1nnn(-c3cccc(Cl)c3F)c1C)c1cc-2ccn1. The number of hydrogen-bond acceptors (Lipinski definition) is 7. The Morgan fingerprint density at radius 2 is 2.04 bits per heavy atom. The Kier molecular flexibility index (Phi) is 9.34. The zero-order chi connectivity index (χ0) is 32.1. The van der Waals surface area contributed by atoms with Crippen molar-refractivity contribution in [1.29, 1.82) is 5.26 Å². The smallest absolute Gasteiger partial charge is 0.274 e. The molecule has 0 aliphatic carbocycles. The third-order valence-corrected chi connectivity index (χ3v) is 7.83. The Bertz CT molecular complexity index is 1830. The van der Waals surface area contributed by atoms with Crippen LogP contribution in [0.4, 0.5) is 15.8 Å². The van der Waals surface area contributed by atoms with Crippen molar-refractivity contribution in [2.24, 2.45) is 10.9 Å². The number of aromatic nitrogens is 4. The number of anilines is 2. The van der Waals surface area contributed by atoms with Crippen molar-refractivity contribution in [1.82, 2.24) is 30.6 Å². The highest BCUT2D eigenvalue weighted by molar-refractivity contribution is 6.30. The fourth-order valence-corrected chi connectivity index (χ4v) is 5.25. The van der Waals surface area contributed by atoms with Crippen molar-refractivity contribution in [2.45, 2.75) is 39.2 Å². The fourth-order valence-electron chi connectivity index (χ4n) is 5.08. The van der Waals surface area contributed by atoms with Gasteiger partial charge >= 0.3 is 0 Å². The van der Waals surface area contributed by atoms with Crippen LogP contribution >= 0.6 is 11.6 Å². The van der Waals surface area contributed by atoms with Gasteiger partial charge in [0.2, 0.25) is 11.9 Å². The molecule has 2 aromatic heterocycles. The Balaban J connectivity index is 1.48. The Morgan fingerprint density at radius 1 is 1.22 bits per heavy atom. The predicted molar refractivity (Wildman–Crippen MR) is 168 cm³/mol. The lowest BCUT2D eigenvalue weighted by Gasteiger charge is -2.22. The second kappa shape index (κ2) is 13.5. The molecule has 12 nitrogen and oxygen atoms in total. The van der Waals surface area contributed by atoms with E-state index in [4.69, 9.17) is 16.9 Å². The largest absolute Gasteiger partial charge is 0.342 e. The minimum atomic E-state index is -0.668. The molecule has 230 valence electrons. The summed E-state index contributed by atoms with van der Waals surface area (Å²) >= 11 is 5.95. The Morgan fingerprint density at radius 3 is 2.82 bits per heavy atom. The summed E-state index contributed by atoms with van der Waals surface area (Å²) in [7, 11) is 1.54. The van der Waals surface area contributed by atoms with Crippen LogP contribution in [0.5, 0.6) is 0 Å². The summed E-state index contributed by atoms with van der Waals surface area (Å²) in [4.78, 5) is 35.3. The van der Waals surface area contributed by atoms with Crippen LogP contribution in [-0.2, 0) is 4.79 Å². The second-order valence-electron chi connectivity index (χ2n) is 10.5. The third-order valence-electron chi connectivity index (χ3n) is 7.54. The molecule has 4 N–H and O–H groups in total. The van der Waals surface area contributed by atoms with E-state index in [9.17, 15) is 14.0 Å². The average Bonchev–Trinajstić information content (AvgIpc) is 3.42. The summed E-state index contributed by atoms with van der Waals surface area (Å²) in [6, 6.07) is 13.1. The minimum Gasteiger partial charge on any atom is -0.342 e. The average molecular weight is 629 g/mol. The first-order valence-corrected chi connectivity index (χ1v) is 14.6. The Hall–Kier alpha value is -5.35. The summed E-state index contributed by atoms with van der Waals surface area (Å²) in [5, 5.41) is 28.5. The van der Waals surface area contributed by atoms with Gasteiger partial charge in [0, 0.05) is 30.4 Å². The molecule has 0 saturated carbocycles. The lowest BCUT2D eigenvalue weighted by molar-refractivity contribution is -0.119. The first kappa shape index (κ1) is 31.1. The first-order chi connectivity index (χ1) is 21.7. The molecule has 0 saturated heterocycles. The van der Waals surface area contributed by atoms with E-state index in [1.165, 1.54) is 16.8 Å². The van der Waals surface area contributed by atoms with Crippen molar-refractivity contribution in [3.8, 4) is 23.0 Å². The summed E-state index contributed by atoms with van der Waals surface area (Å²) in [6.07, 6.45) is 5.17. The number of pyridine rings is 1. The molecule has 3 heterocycles. The highest BCUT2D eigenvalue weighted by Gasteiger charge is 2.25. The van der Waals surface area contributed by atoms with Gasteiger partial charge in [-0.3, -0.25) is 24.9 Å². The first-order valence-electron chi connectivity index (χ1n) is 14.2. The van der Waals surface area contributed by atoms with Crippen molar-refractivity contribution in [2.75, 3.05) is 17.7 Å². The number of guanidine groups is 1.